The van der Waals surface area contributed by atoms with Crippen LogP contribution in [-0.4, -0.2) is 22.6 Å². The van der Waals surface area contributed by atoms with Gasteiger partial charge in [0.05, 0.1) is 10.3 Å². The standard InChI is InChI=1S/C25H28N2O6/c1-24(2,3)22(28)32-16-19-14-20(26-23(29)33-25(4,5)6)21(27(30)31)15-18(19)13-12-17-10-8-7-9-11-17/h7-11,14-15H,16H2,1-6H3,(H,26,29). The molecule has 0 spiro atoms. The number of nitrogens with one attached hydrogen (secondary N) is 1. The fourth-order valence-corrected chi connectivity index (χ4v) is 2.55. The Balaban J connectivity index is 2.50. The summed E-state index contributed by atoms with van der Waals surface area (Å²) in [7, 11) is 0. The lowest BCUT2D eigenvalue weighted by molar-refractivity contribution is -0.384. The van der Waals surface area contributed by atoms with E-state index < -0.39 is 28.0 Å². The van der Waals surface area contributed by atoms with Crippen molar-refractivity contribution in [1.82, 2.24) is 0 Å². The second-order valence-electron chi connectivity index (χ2n) is 9.35. The van der Waals surface area contributed by atoms with Crippen LogP contribution in [0.15, 0.2) is 42.5 Å². The highest BCUT2D eigenvalue weighted by atomic mass is 16.6. The number of ether oxygens (including phenoxy) is 2. The number of carbonyl (C=O) groups excluding carboxylic acids is 2. The predicted molar refractivity (Wildman–Crippen MR) is 125 cm³/mol. The Kier molecular flexibility index (Phi) is 7.83. The van der Waals surface area contributed by atoms with Gasteiger partial charge in [0, 0.05) is 22.8 Å². The number of carbonyl (C=O) groups is 2. The minimum absolute atomic E-state index is 0.0821. The summed E-state index contributed by atoms with van der Waals surface area (Å²) >= 11 is 0. The van der Waals surface area contributed by atoms with E-state index in [4.69, 9.17) is 9.47 Å². The minimum atomic E-state index is -0.841. The maximum Gasteiger partial charge on any atom is 0.412 e. The summed E-state index contributed by atoms with van der Waals surface area (Å²) in [6, 6.07) is 11.7. The molecule has 0 aliphatic heterocycles. The van der Waals surface area contributed by atoms with Gasteiger partial charge in [0.25, 0.3) is 5.69 Å². The van der Waals surface area contributed by atoms with E-state index in [1.165, 1.54) is 12.1 Å². The van der Waals surface area contributed by atoms with Crippen LogP contribution in [0.4, 0.5) is 16.2 Å². The highest BCUT2D eigenvalue weighted by molar-refractivity contribution is 5.88. The van der Waals surface area contributed by atoms with Gasteiger partial charge in [-0.05, 0) is 59.7 Å². The molecule has 0 aliphatic rings. The summed E-state index contributed by atoms with van der Waals surface area (Å²) in [6.07, 6.45) is -0.841. The maximum atomic E-state index is 12.3. The van der Waals surface area contributed by atoms with Crippen molar-refractivity contribution in [2.24, 2.45) is 5.41 Å². The molecule has 1 amide bonds. The van der Waals surface area contributed by atoms with Crippen LogP contribution < -0.4 is 5.32 Å². The van der Waals surface area contributed by atoms with Crippen LogP contribution in [-0.2, 0) is 20.9 Å². The van der Waals surface area contributed by atoms with E-state index in [0.29, 0.717) is 16.7 Å². The summed E-state index contributed by atoms with van der Waals surface area (Å²) < 4.78 is 10.6. The van der Waals surface area contributed by atoms with E-state index in [-0.39, 0.29) is 18.0 Å². The molecule has 2 aromatic carbocycles. The molecule has 1 N–H and O–H groups in total. The first-order chi connectivity index (χ1) is 15.3. The quantitative estimate of drug-likeness (QED) is 0.287. The smallest absolute Gasteiger partial charge is 0.412 e. The summed E-state index contributed by atoms with van der Waals surface area (Å²) in [5.74, 6) is 5.43. The predicted octanol–water partition coefficient (Wildman–Crippen LogP) is 5.43. The largest absolute Gasteiger partial charge is 0.460 e. The number of anilines is 1. The molecule has 0 aromatic heterocycles. The monoisotopic (exact) mass is 452 g/mol. The van der Waals surface area contributed by atoms with Crippen molar-refractivity contribution in [2.75, 3.05) is 5.32 Å². The van der Waals surface area contributed by atoms with E-state index in [0.717, 1.165) is 0 Å². The van der Waals surface area contributed by atoms with Crippen molar-refractivity contribution in [3.63, 3.8) is 0 Å². The van der Waals surface area contributed by atoms with Crippen LogP contribution in [0.2, 0.25) is 0 Å². The number of esters is 1. The highest BCUT2D eigenvalue weighted by Gasteiger charge is 2.25. The Hall–Kier alpha value is -3.86. The molecule has 0 unspecified atom stereocenters. The van der Waals surface area contributed by atoms with Gasteiger partial charge in [-0.2, -0.15) is 0 Å². The first-order valence-electron chi connectivity index (χ1n) is 10.3. The van der Waals surface area contributed by atoms with Crippen LogP contribution >= 0.6 is 0 Å². The lowest BCUT2D eigenvalue weighted by Gasteiger charge is -2.20. The van der Waals surface area contributed by atoms with Gasteiger partial charge in [-0.1, -0.05) is 30.0 Å². The molecule has 8 heteroatoms. The average molecular weight is 453 g/mol. The summed E-state index contributed by atoms with van der Waals surface area (Å²) in [6.45, 7) is 10.0. The van der Waals surface area contributed by atoms with Gasteiger partial charge < -0.3 is 9.47 Å². The molecule has 0 radical (unpaired) electrons. The van der Waals surface area contributed by atoms with Crippen LogP contribution in [0.25, 0.3) is 0 Å². The second-order valence-corrected chi connectivity index (χ2v) is 9.35. The van der Waals surface area contributed by atoms with Crippen LogP contribution in [0.1, 0.15) is 58.2 Å². The second kappa shape index (κ2) is 10.2. The van der Waals surface area contributed by atoms with E-state index in [9.17, 15) is 19.7 Å². The topological polar surface area (TPSA) is 108 Å². The Labute approximate surface area is 193 Å². The molecule has 2 aromatic rings. The first-order valence-corrected chi connectivity index (χ1v) is 10.3. The molecule has 33 heavy (non-hydrogen) atoms. The first kappa shape index (κ1) is 25.4. The third kappa shape index (κ3) is 7.96. The lowest BCUT2D eigenvalue weighted by atomic mass is 9.97. The van der Waals surface area contributed by atoms with E-state index in [2.05, 4.69) is 17.2 Å². The number of nitro groups is 1. The van der Waals surface area contributed by atoms with Crippen molar-refractivity contribution in [1.29, 1.82) is 0 Å². The number of nitrogens with zero attached hydrogens (tertiary/aromatic N) is 1. The molecule has 0 saturated heterocycles. The average Bonchev–Trinajstić information content (AvgIpc) is 2.69. The highest BCUT2D eigenvalue weighted by Crippen LogP contribution is 2.30. The van der Waals surface area contributed by atoms with Gasteiger partial charge in [0.2, 0.25) is 0 Å². The van der Waals surface area contributed by atoms with Crippen molar-refractivity contribution in [2.45, 2.75) is 53.8 Å². The zero-order valence-corrected chi connectivity index (χ0v) is 19.6. The molecule has 8 nitrogen and oxygen atoms in total. The fraction of sp³-hybridized carbons (Fsp3) is 0.360. The van der Waals surface area contributed by atoms with Crippen LogP contribution in [0.5, 0.6) is 0 Å². The van der Waals surface area contributed by atoms with Crippen LogP contribution in [0, 0.1) is 27.4 Å². The molecule has 0 atom stereocenters. The normalized spacial score (nSPS) is 11.1. The third-order valence-corrected chi connectivity index (χ3v) is 4.14. The number of nitro benzene ring substituents is 1. The van der Waals surface area contributed by atoms with Crippen LogP contribution in [0.3, 0.4) is 0 Å². The zero-order chi connectivity index (χ0) is 24.8. The number of amides is 1. The summed E-state index contributed by atoms with van der Waals surface area (Å²) in [5, 5.41) is 14.1. The van der Waals surface area contributed by atoms with Gasteiger partial charge in [-0.15, -0.1) is 0 Å². The van der Waals surface area contributed by atoms with Crippen molar-refractivity contribution in [3.05, 3.63) is 69.3 Å². The molecular formula is C25H28N2O6. The van der Waals surface area contributed by atoms with Crippen molar-refractivity contribution in [3.8, 4) is 11.8 Å². The maximum absolute atomic E-state index is 12.3. The zero-order valence-electron chi connectivity index (χ0n) is 19.6. The number of hydrogen-bond acceptors (Lipinski definition) is 6. The van der Waals surface area contributed by atoms with Crippen molar-refractivity contribution >= 4 is 23.4 Å². The Morgan fingerprint density at radius 3 is 2.21 bits per heavy atom. The molecule has 0 saturated carbocycles. The summed E-state index contributed by atoms with van der Waals surface area (Å²) in [4.78, 5) is 35.6. The molecule has 174 valence electrons. The molecule has 0 aliphatic carbocycles. The molecular weight excluding hydrogens is 424 g/mol. The fourth-order valence-electron chi connectivity index (χ4n) is 2.55. The van der Waals surface area contributed by atoms with Gasteiger partial charge in [-0.3, -0.25) is 20.2 Å². The number of rotatable bonds is 4. The molecule has 2 rings (SSSR count). The third-order valence-electron chi connectivity index (χ3n) is 4.14. The minimum Gasteiger partial charge on any atom is -0.460 e. The van der Waals surface area contributed by atoms with E-state index in [1.807, 2.05) is 18.2 Å². The van der Waals surface area contributed by atoms with Gasteiger partial charge in [0.1, 0.15) is 17.9 Å². The SMILES string of the molecule is CC(C)(C)OC(=O)Nc1cc(COC(=O)C(C)(C)C)c(C#Cc2ccccc2)cc1[N+](=O)[O-]. The van der Waals surface area contributed by atoms with Gasteiger partial charge in [-0.25, -0.2) is 4.79 Å². The molecule has 0 heterocycles. The number of benzene rings is 2. The van der Waals surface area contributed by atoms with Gasteiger partial charge >= 0.3 is 12.1 Å². The molecule has 0 bridgehead atoms. The Morgan fingerprint density at radius 1 is 1.03 bits per heavy atom. The Bertz CT molecular complexity index is 1100. The number of hydrogen-bond donors (Lipinski definition) is 1. The van der Waals surface area contributed by atoms with Crippen molar-refractivity contribution < 1.29 is 24.0 Å². The van der Waals surface area contributed by atoms with Gasteiger partial charge in [0.15, 0.2) is 0 Å². The van der Waals surface area contributed by atoms with E-state index >= 15 is 0 Å². The Morgan fingerprint density at radius 2 is 1.67 bits per heavy atom. The lowest BCUT2D eigenvalue weighted by Crippen LogP contribution is -2.27. The molecule has 0 fully saturated rings. The van der Waals surface area contributed by atoms with E-state index in [1.54, 1.807) is 53.7 Å². The summed E-state index contributed by atoms with van der Waals surface area (Å²) in [5.41, 5.74) is -0.520.